The summed E-state index contributed by atoms with van der Waals surface area (Å²) in [7, 11) is 0. The first-order chi connectivity index (χ1) is 13.2. The highest BCUT2D eigenvalue weighted by atomic mass is 16.6. The molecule has 0 radical (unpaired) electrons. The van der Waals surface area contributed by atoms with Gasteiger partial charge in [-0.05, 0) is 59.6 Å². The van der Waals surface area contributed by atoms with E-state index in [1.54, 1.807) is 12.3 Å². The Labute approximate surface area is 168 Å². The molecule has 1 aliphatic rings. The predicted molar refractivity (Wildman–Crippen MR) is 111 cm³/mol. The van der Waals surface area contributed by atoms with Crippen molar-refractivity contribution in [1.82, 2.24) is 15.6 Å². The maximum atomic E-state index is 12.8. The quantitative estimate of drug-likeness (QED) is 0.744. The Morgan fingerprint density at radius 2 is 1.82 bits per heavy atom. The van der Waals surface area contributed by atoms with Gasteiger partial charge >= 0.3 is 6.09 Å². The van der Waals surface area contributed by atoms with Crippen molar-refractivity contribution in [3.8, 4) is 0 Å². The van der Waals surface area contributed by atoms with Crippen molar-refractivity contribution < 1.29 is 14.3 Å². The van der Waals surface area contributed by atoms with Crippen LogP contribution in [0.15, 0.2) is 18.3 Å². The van der Waals surface area contributed by atoms with Crippen molar-refractivity contribution in [1.29, 1.82) is 0 Å². The number of carbonyl (C=O) groups excluding carboxylic acids is 2. The maximum absolute atomic E-state index is 12.8. The molecular formula is C21H34N4O3. The first-order valence-electron chi connectivity index (χ1n) is 10.2. The Bertz CT molecular complexity index is 657. The van der Waals surface area contributed by atoms with Gasteiger partial charge < -0.3 is 20.3 Å². The number of nitrogens with one attached hydrogen (secondary N) is 2. The summed E-state index contributed by atoms with van der Waals surface area (Å²) in [6.45, 7) is 11.7. The van der Waals surface area contributed by atoms with Gasteiger partial charge in [0.15, 0.2) is 0 Å². The number of pyridine rings is 1. The van der Waals surface area contributed by atoms with Gasteiger partial charge in [-0.1, -0.05) is 12.8 Å². The van der Waals surface area contributed by atoms with E-state index in [0.29, 0.717) is 12.1 Å². The van der Waals surface area contributed by atoms with Crippen molar-refractivity contribution in [3.63, 3.8) is 0 Å². The lowest BCUT2D eigenvalue weighted by Gasteiger charge is -2.31. The number of hydrogen-bond acceptors (Lipinski definition) is 5. The molecule has 2 amide bonds. The summed E-state index contributed by atoms with van der Waals surface area (Å²) in [5.74, 6) is 0.704. The van der Waals surface area contributed by atoms with Gasteiger partial charge in [-0.2, -0.15) is 0 Å². The Balaban J connectivity index is 2.01. The minimum absolute atomic E-state index is 0.161. The molecule has 0 unspecified atom stereocenters. The van der Waals surface area contributed by atoms with Crippen molar-refractivity contribution in [2.75, 3.05) is 24.5 Å². The first-order valence-corrected chi connectivity index (χ1v) is 10.2. The van der Waals surface area contributed by atoms with E-state index in [1.807, 2.05) is 26.8 Å². The highest BCUT2D eigenvalue weighted by Gasteiger charge is 2.36. The number of anilines is 1. The van der Waals surface area contributed by atoms with E-state index in [4.69, 9.17) is 4.74 Å². The van der Waals surface area contributed by atoms with Crippen LogP contribution in [-0.4, -0.2) is 47.8 Å². The zero-order chi connectivity index (χ0) is 20.8. The molecule has 1 heterocycles. The van der Waals surface area contributed by atoms with Crippen molar-refractivity contribution >= 4 is 17.8 Å². The van der Waals surface area contributed by atoms with Crippen LogP contribution in [-0.2, 0) is 4.74 Å². The number of ether oxygens (including phenoxy) is 1. The lowest BCUT2D eigenvalue weighted by molar-refractivity contribution is 0.0505. The summed E-state index contributed by atoms with van der Waals surface area (Å²) in [6.07, 6.45) is 4.87. The molecule has 0 saturated heterocycles. The Morgan fingerprint density at radius 3 is 2.32 bits per heavy atom. The molecule has 7 nitrogen and oxygen atoms in total. The number of alkyl carbamates (subject to hydrolysis) is 1. The molecule has 1 aromatic heterocycles. The van der Waals surface area contributed by atoms with Gasteiger partial charge in [0.25, 0.3) is 5.91 Å². The van der Waals surface area contributed by atoms with Gasteiger partial charge in [-0.3, -0.25) is 4.79 Å². The first kappa shape index (κ1) is 22.0. The van der Waals surface area contributed by atoms with E-state index in [1.165, 1.54) is 0 Å². The predicted octanol–water partition coefficient (Wildman–Crippen LogP) is 3.50. The van der Waals surface area contributed by atoms with Gasteiger partial charge in [0.1, 0.15) is 11.4 Å². The fourth-order valence-electron chi connectivity index (χ4n) is 3.52. The van der Waals surface area contributed by atoms with E-state index in [-0.39, 0.29) is 5.91 Å². The zero-order valence-corrected chi connectivity index (χ0v) is 17.8. The van der Waals surface area contributed by atoms with Gasteiger partial charge in [0.05, 0.1) is 11.1 Å². The Morgan fingerprint density at radius 1 is 1.18 bits per heavy atom. The Kier molecular flexibility index (Phi) is 7.27. The van der Waals surface area contributed by atoms with Crippen LogP contribution >= 0.6 is 0 Å². The van der Waals surface area contributed by atoms with Crippen LogP contribution in [0.5, 0.6) is 0 Å². The second kappa shape index (κ2) is 9.26. The molecule has 1 aromatic rings. The van der Waals surface area contributed by atoms with Crippen molar-refractivity contribution in [2.24, 2.45) is 0 Å². The van der Waals surface area contributed by atoms with Gasteiger partial charge in [0, 0.05) is 25.8 Å². The average Bonchev–Trinajstić information content (AvgIpc) is 3.09. The molecule has 0 aromatic carbocycles. The highest BCUT2D eigenvalue weighted by molar-refractivity contribution is 5.94. The standard InChI is InChI=1S/C21H34N4O3/c1-6-25(7-2)17-11-10-16(14-22-17)18(26)24-21(12-8-9-13-21)15-23-19(27)28-20(3,4)5/h10-11,14H,6-9,12-13,15H2,1-5H3,(H,23,27)(H,24,26). The van der Waals surface area contributed by atoms with Crippen LogP contribution < -0.4 is 15.5 Å². The average molecular weight is 391 g/mol. The molecule has 7 heteroatoms. The summed E-state index contributed by atoms with van der Waals surface area (Å²) < 4.78 is 5.31. The number of hydrogen-bond donors (Lipinski definition) is 2. The van der Waals surface area contributed by atoms with E-state index in [9.17, 15) is 9.59 Å². The van der Waals surface area contributed by atoms with Crippen molar-refractivity contribution in [3.05, 3.63) is 23.9 Å². The molecule has 0 bridgehead atoms. The van der Waals surface area contributed by atoms with Crippen LogP contribution in [0.3, 0.4) is 0 Å². The monoisotopic (exact) mass is 390 g/mol. The molecule has 28 heavy (non-hydrogen) atoms. The van der Waals surface area contributed by atoms with Crippen LogP contribution in [0, 0.1) is 0 Å². The van der Waals surface area contributed by atoms with Gasteiger partial charge in [-0.25, -0.2) is 9.78 Å². The number of carbonyl (C=O) groups is 2. The van der Waals surface area contributed by atoms with Crippen LogP contribution in [0.4, 0.5) is 10.6 Å². The third kappa shape index (κ3) is 6.11. The maximum Gasteiger partial charge on any atom is 0.407 e. The lowest BCUT2D eigenvalue weighted by atomic mass is 9.97. The summed E-state index contributed by atoms with van der Waals surface area (Å²) in [5, 5.41) is 5.96. The molecule has 0 spiro atoms. The summed E-state index contributed by atoms with van der Waals surface area (Å²) in [4.78, 5) is 31.4. The molecule has 2 N–H and O–H groups in total. The van der Waals surface area contributed by atoms with Crippen molar-refractivity contribution in [2.45, 2.75) is 71.4 Å². The molecule has 1 saturated carbocycles. The number of rotatable bonds is 7. The summed E-state index contributed by atoms with van der Waals surface area (Å²) in [6, 6.07) is 3.68. The second-order valence-electron chi connectivity index (χ2n) is 8.37. The molecule has 156 valence electrons. The van der Waals surface area contributed by atoms with Gasteiger partial charge in [0.2, 0.25) is 0 Å². The molecular weight excluding hydrogens is 356 g/mol. The summed E-state index contributed by atoms with van der Waals surface area (Å²) in [5.41, 5.74) is -0.459. The molecule has 1 fully saturated rings. The normalized spacial score (nSPS) is 15.8. The Hall–Kier alpha value is -2.31. The molecule has 1 aliphatic carbocycles. The second-order valence-corrected chi connectivity index (χ2v) is 8.37. The van der Waals surface area contributed by atoms with Crippen LogP contribution in [0.25, 0.3) is 0 Å². The lowest BCUT2D eigenvalue weighted by Crippen LogP contribution is -2.54. The largest absolute Gasteiger partial charge is 0.444 e. The minimum atomic E-state index is -0.547. The third-order valence-corrected chi connectivity index (χ3v) is 5.01. The molecule has 0 aliphatic heterocycles. The van der Waals surface area contributed by atoms with E-state index in [0.717, 1.165) is 44.6 Å². The third-order valence-electron chi connectivity index (χ3n) is 5.01. The smallest absolute Gasteiger partial charge is 0.407 e. The fourth-order valence-corrected chi connectivity index (χ4v) is 3.52. The minimum Gasteiger partial charge on any atom is -0.444 e. The van der Waals surface area contributed by atoms with E-state index < -0.39 is 17.2 Å². The van der Waals surface area contributed by atoms with Crippen LogP contribution in [0.2, 0.25) is 0 Å². The number of nitrogens with zero attached hydrogens (tertiary/aromatic N) is 2. The molecule has 2 rings (SSSR count). The molecule has 0 atom stereocenters. The number of aromatic nitrogens is 1. The zero-order valence-electron chi connectivity index (χ0n) is 17.8. The summed E-state index contributed by atoms with van der Waals surface area (Å²) >= 11 is 0. The van der Waals surface area contributed by atoms with E-state index in [2.05, 4.69) is 34.4 Å². The topological polar surface area (TPSA) is 83.6 Å². The highest BCUT2D eigenvalue weighted by Crippen LogP contribution is 2.29. The van der Waals surface area contributed by atoms with Crippen LogP contribution in [0.1, 0.15) is 70.7 Å². The number of amides is 2. The van der Waals surface area contributed by atoms with E-state index >= 15 is 0 Å². The van der Waals surface area contributed by atoms with Gasteiger partial charge in [-0.15, -0.1) is 0 Å². The fraction of sp³-hybridized carbons (Fsp3) is 0.667. The SMILES string of the molecule is CCN(CC)c1ccc(C(=O)NC2(CNC(=O)OC(C)(C)C)CCCC2)cn1.